The van der Waals surface area contributed by atoms with Gasteiger partial charge in [-0.3, -0.25) is 4.79 Å². The van der Waals surface area contributed by atoms with Crippen LogP contribution in [0.3, 0.4) is 0 Å². The Hall–Kier alpha value is -2.80. The van der Waals surface area contributed by atoms with Gasteiger partial charge in [-0.15, -0.1) is 11.3 Å². The number of nitrogens with zero attached hydrogens (tertiary/aromatic N) is 1. The third kappa shape index (κ3) is 4.92. The maximum absolute atomic E-state index is 13.4. The van der Waals surface area contributed by atoms with Crippen LogP contribution in [0.1, 0.15) is 31.1 Å². The molecule has 146 valence electrons. The van der Waals surface area contributed by atoms with Crippen molar-refractivity contribution >= 4 is 17.2 Å². The van der Waals surface area contributed by atoms with Gasteiger partial charge in [0.1, 0.15) is 10.8 Å². The number of carbonyl (C=O) groups excluding carboxylic acids is 1. The summed E-state index contributed by atoms with van der Waals surface area (Å²) in [5.74, 6) is -1.28. The maximum atomic E-state index is 13.4. The number of ether oxygens (including phenoxy) is 1. The summed E-state index contributed by atoms with van der Waals surface area (Å²) >= 11 is 1.46. The Morgan fingerprint density at radius 2 is 1.93 bits per heavy atom. The molecule has 7 heteroatoms. The average molecular weight is 402 g/mol. The number of hydrogen-bond acceptors (Lipinski definition) is 4. The highest BCUT2D eigenvalue weighted by atomic mass is 32.1. The maximum Gasteiger partial charge on any atom is 0.226 e. The zero-order valence-corrected chi connectivity index (χ0v) is 16.4. The van der Waals surface area contributed by atoms with Gasteiger partial charge in [0.15, 0.2) is 11.6 Å². The summed E-state index contributed by atoms with van der Waals surface area (Å²) in [4.78, 5) is 16.8. The van der Waals surface area contributed by atoms with Crippen molar-refractivity contribution in [3.63, 3.8) is 0 Å². The van der Waals surface area contributed by atoms with Crippen LogP contribution in [0.15, 0.2) is 47.8 Å². The standard InChI is InChI=1S/C21H20F2N2O2S/c1-3-27-17-7-4-14(5-8-17)21-25-16(12-28-21)11-20(26)24-13(2)15-6-9-18(22)19(23)10-15/h4-10,12-13H,3,11H2,1-2H3,(H,24,26). The number of rotatable bonds is 7. The van der Waals surface area contributed by atoms with Crippen LogP contribution in [0, 0.1) is 11.6 Å². The van der Waals surface area contributed by atoms with Crippen molar-refractivity contribution in [3.05, 3.63) is 70.7 Å². The molecule has 1 atom stereocenters. The van der Waals surface area contributed by atoms with Gasteiger partial charge < -0.3 is 10.1 Å². The molecule has 0 bridgehead atoms. The molecule has 0 fully saturated rings. The Morgan fingerprint density at radius 1 is 1.18 bits per heavy atom. The van der Waals surface area contributed by atoms with Crippen LogP contribution in [0.4, 0.5) is 8.78 Å². The van der Waals surface area contributed by atoms with Gasteiger partial charge in [-0.1, -0.05) is 6.07 Å². The molecule has 0 aliphatic rings. The Labute approximate surface area is 166 Å². The number of amides is 1. The van der Waals surface area contributed by atoms with Crippen LogP contribution in [0.2, 0.25) is 0 Å². The fourth-order valence-corrected chi connectivity index (χ4v) is 3.53. The van der Waals surface area contributed by atoms with Crippen LogP contribution in [-0.4, -0.2) is 17.5 Å². The molecule has 3 aromatic rings. The first kappa shape index (κ1) is 19.9. The fourth-order valence-electron chi connectivity index (χ4n) is 2.70. The highest BCUT2D eigenvalue weighted by Crippen LogP contribution is 2.26. The predicted octanol–water partition coefficient (Wildman–Crippen LogP) is 4.91. The van der Waals surface area contributed by atoms with Crippen molar-refractivity contribution in [2.24, 2.45) is 0 Å². The van der Waals surface area contributed by atoms with Gasteiger partial charge in [-0.2, -0.15) is 0 Å². The van der Waals surface area contributed by atoms with E-state index in [1.54, 1.807) is 6.92 Å². The number of hydrogen-bond donors (Lipinski definition) is 1. The summed E-state index contributed by atoms with van der Waals surface area (Å²) in [6.07, 6.45) is 0.113. The van der Waals surface area contributed by atoms with Crippen molar-refractivity contribution in [2.75, 3.05) is 6.61 Å². The van der Waals surface area contributed by atoms with E-state index in [1.165, 1.54) is 17.4 Å². The molecule has 1 amide bonds. The fraction of sp³-hybridized carbons (Fsp3) is 0.238. The number of aromatic nitrogens is 1. The molecule has 3 rings (SSSR count). The Morgan fingerprint density at radius 3 is 2.61 bits per heavy atom. The molecule has 0 saturated carbocycles. The zero-order valence-electron chi connectivity index (χ0n) is 15.5. The molecule has 4 nitrogen and oxygen atoms in total. The molecule has 1 N–H and O–H groups in total. The number of thiazole rings is 1. The average Bonchev–Trinajstić information content (AvgIpc) is 3.13. The summed E-state index contributed by atoms with van der Waals surface area (Å²) in [6.45, 7) is 4.26. The first-order chi connectivity index (χ1) is 13.5. The number of carbonyl (C=O) groups is 1. The number of halogens is 2. The Balaban J connectivity index is 1.61. The quantitative estimate of drug-likeness (QED) is 0.611. The van der Waals surface area contributed by atoms with Crippen LogP contribution >= 0.6 is 11.3 Å². The van der Waals surface area contributed by atoms with Crippen LogP contribution in [-0.2, 0) is 11.2 Å². The van der Waals surface area contributed by atoms with Gasteiger partial charge >= 0.3 is 0 Å². The molecular weight excluding hydrogens is 382 g/mol. The molecule has 0 aliphatic heterocycles. The van der Waals surface area contributed by atoms with Gasteiger partial charge in [0.2, 0.25) is 5.91 Å². The van der Waals surface area contributed by atoms with Gasteiger partial charge in [-0.25, -0.2) is 13.8 Å². The van der Waals surface area contributed by atoms with Crippen LogP contribution in [0.25, 0.3) is 10.6 Å². The second kappa shape index (κ2) is 8.93. The minimum atomic E-state index is -0.932. The lowest BCUT2D eigenvalue weighted by atomic mass is 10.1. The summed E-state index contributed by atoms with van der Waals surface area (Å²) in [6, 6.07) is 10.8. The topological polar surface area (TPSA) is 51.2 Å². The molecule has 28 heavy (non-hydrogen) atoms. The number of benzene rings is 2. The highest BCUT2D eigenvalue weighted by molar-refractivity contribution is 7.13. The summed E-state index contributed by atoms with van der Waals surface area (Å²) in [5.41, 5.74) is 2.11. The van der Waals surface area contributed by atoms with E-state index in [1.807, 2.05) is 36.6 Å². The first-order valence-corrected chi connectivity index (χ1v) is 9.76. The highest BCUT2D eigenvalue weighted by Gasteiger charge is 2.14. The van der Waals surface area contributed by atoms with Crippen LogP contribution in [0.5, 0.6) is 5.75 Å². The molecule has 0 aliphatic carbocycles. The Kier molecular flexibility index (Phi) is 6.36. The van der Waals surface area contributed by atoms with E-state index in [0.717, 1.165) is 28.5 Å². The van der Waals surface area contributed by atoms with E-state index in [-0.39, 0.29) is 12.3 Å². The molecule has 2 aromatic carbocycles. The SMILES string of the molecule is CCOc1ccc(-c2nc(CC(=O)NC(C)c3ccc(F)c(F)c3)cs2)cc1. The van der Waals surface area contributed by atoms with Gasteiger partial charge in [0, 0.05) is 10.9 Å². The van der Waals surface area contributed by atoms with E-state index >= 15 is 0 Å². The molecule has 0 spiro atoms. The lowest BCUT2D eigenvalue weighted by Gasteiger charge is -2.14. The predicted molar refractivity (Wildman–Crippen MR) is 105 cm³/mol. The second-order valence-electron chi connectivity index (χ2n) is 6.24. The monoisotopic (exact) mass is 402 g/mol. The largest absolute Gasteiger partial charge is 0.494 e. The van der Waals surface area contributed by atoms with Crippen molar-refractivity contribution in [1.82, 2.24) is 10.3 Å². The molecular formula is C21H20F2N2O2S. The second-order valence-corrected chi connectivity index (χ2v) is 7.10. The van der Waals surface area contributed by atoms with Crippen molar-refractivity contribution < 1.29 is 18.3 Å². The first-order valence-electron chi connectivity index (χ1n) is 8.88. The lowest BCUT2D eigenvalue weighted by Crippen LogP contribution is -2.28. The van der Waals surface area contributed by atoms with E-state index in [2.05, 4.69) is 10.3 Å². The normalized spacial score (nSPS) is 11.9. The zero-order chi connectivity index (χ0) is 20.1. The summed E-state index contributed by atoms with van der Waals surface area (Å²) in [7, 11) is 0. The molecule has 1 unspecified atom stereocenters. The van der Waals surface area contributed by atoms with E-state index in [0.29, 0.717) is 17.9 Å². The van der Waals surface area contributed by atoms with Crippen molar-refractivity contribution in [2.45, 2.75) is 26.3 Å². The number of nitrogens with one attached hydrogen (secondary N) is 1. The van der Waals surface area contributed by atoms with Crippen LogP contribution < -0.4 is 10.1 Å². The van der Waals surface area contributed by atoms with Gasteiger partial charge in [0.05, 0.1) is 24.8 Å². The summed E-state index contributed by atoms with van der Waals surface area (Å²) in [5, 5.41) is 5.44. The molecule has 0 saturated heterocycles. The Bertz CT molecular complexity index is 957. The molecule has 1 aromatic heterocycles. The van der Waals surface area contributed by atoms with Crippen molar-refractivity contribution in [1.29, 1.82) is 0 Å². The van der Waals surface area contributed by atoms with E-state index < -0.39 is 17.7 Å². The third-order valence-corrected chi connectivity index (χ3v) is 5.07. The van der Waals surface area contributed by atoms with Crippen molar-refractivity contribution in [3.8, 4) is 16.3 Å². The van der Waals surface area contributed by atoms with Gasteiger partial charge in [-0.05, 0) is 55.8 Å². The van der Waals surface area contributed by atoms with E-state index in [9.17, 15) is 13.6 Å². The molecule has 1 heterocycles. The van der Waals surface area contributed by atoms with Gasteiger partial charge in [0.25, 0.3) is 0 Å². The minimum absolute atomic E-state index is 0.113. The smallest absolute Gasteiger partial charge is 0.226 e. The minimum Gasteiger partial charge on any atom is -0.494 e. The molecule has 0 radical (unpaired) electrons. The third-order valence-electron chi connectivity index (χ3n) is 4.13. The summed E-state index contributed by atoms with van der Waals surface area (Å²) < 4.78 is 31.8. The van der Waals surface area contributed by atoms with E-state index in [4.69, 9.17) is 4.74 Å². The lowest BCUT2D eigenvalue weighted by molar-refractivity contribution is -0.121.